The predicted octanol–water partition coefficient (Wildman–Crippen LogP) is -0.215. The van der Waals surface area contributed by atoms with Crippen LogP contribution in [0.5, 0.6) is 0 Å². The molecule has 8 heteroatoms. The van der Waals surface area contributed by atoms with Gasteiger partial charge in [0.1, 0.15) is 0 Å². The van der Waals surface area contributed by atoms with Crippen LogP contribution in [0.1, 0.15) is 6.42 Å². The van der Waals surface area contributed by atoms with Gasteiger partial charge in [0.2, 0.25) is 5.95 Å². The van der Waals surface area contributed by atoms with E-state index in [2.05, 4.69) is 20.6 Å². The fourth-order valence-corrected chi connectivity index (χ4v) is 3.27. The number of amides is 2. The minimum Gasteiger partial charge on any atom is -0.334 e. The van der Waals surface area contributed by atoms with Gasteiger partial charge in [-0.05, 0) is 12.5 Å². The lowest BCUT2D eigenvalue weighted by molar-refractivity contribution is 0.249. The Morgan fingerprint density at radius 3 is 2.65 bits per heavy atom. The zero-order valence-electron chi connectivity index (χ0n) is 8.96. The molecule has 0 aromatic carbocycles. The second-order valence-corrected chi connectivity index (χ2v) is 6.00. The number of carbonyl (C=O) groups excluding carboxylic acids is 1. The Balaban J connectivity index is 1.87. The first kappa shape index (κ1) is 11.8. The van der Waals surface area contributed by atoms with Crippen molar-refractivity contribution in [3.8, 4) is 0 Å². The Hall–Kier alpha value is -1.70. The van der Waals surface area contributed by atoms with Gasteiger partial charge < -0.3 is 5.32 Å². The molecule has 1 atom stereocenters. The molecule has 2 amide bonds. The van der Waals surface area contributed by atoms with Crippen molar-refractivity contribution < 1.29 is 13.2 Å². The summed E-state index contributed by atoms with van der Waals surface area (Å²) in [5.74, 6) is 0.307. The van der Waals surface area contributed by atoms with Crippen molar-refractivity contribution in [3.05, 3.63) is 18.5 Å². The fourth-order valence-electron chi connectivity index (χ4n) is 1.60. The summed E-state index contributed by atoms with van der Waals surface area (Å²) < 4.78 is 22.4. The molecule has 1 fully saturated rings. The van der Waals surface area contributed by atoms with Gasteiger partial charge in [-0.1, -0.05) is 0 Å². The number of nitrogens with one attached hydrogen (secondary N) is 2. The van der Waals surface area contributed by atoms with Crippen LogP contribution in [0, 0.1) is 0 Å². The number of hydrogen-bond donors (Lipinski definition) is 2. The quantitative estimate of drug-likeness (QED) is 0.762. The van der Waals surface area contributed by atoms with Gasteiger partial charge in [-0.15, -0.1) is 0 Å². The van der Waals surface area contributed by atoms with E-state index in [9.17, 15) is 13.2 Å². The van der Waals surface area contributed by atoms with E-state index >= 15 is 0 Å². The first-order valence-corrected chi connectivity index (χ1v) is 6.92. The van der Waals surface area contributed by atoms with Gasteiger partial charge >= 0.3 is 6.03 Å². The Kier molecular flexibility index (Phi) is 3.23. The summed E-state index contributed by atoms with van der Waals surface area (Å²) in [5, 5.41) is 5.00. The third-order valence-corrected chi connectivity index (χ3v) is 4.13. The van der Waals surface area contributed by atoms with Gasteiger partial charge in [0, 0.05) is 18.4 Å². The average Bonchev–Trinajstić information content (AvgIpc) is 2.59. The molecule has 0 saturated carbocycles. The monoisotopic (exact) mass is 256 g/mol. The van der Waals surface area contributed by atoms with Gasteiger partial charge in [-0.3, -0.25) is 5.32 Å². The highest BCUT2D eigenvalue weighted by molar-refractivity contribution is 7.91. The molecule has 1 saturated heterocycles. The number of hydrogen-bond acceptors (Lipinski definition) is 5. The molecule has 1 unspecified atom stereocenters. The summed E-state index contributed by atoms with van der Waals surface area (Å²) in [5.41, 5.74) is 0. The third-order valence-electron chi connectivity index (χ3n) is 2.36. The van der Waals surface area contributed by atoms with Crippen LogP contribution in [0.3, 0.4) is 0 Å². The maximum absolute atomic E-state index is 11.5. The van der Waals surface area contributed by atoms with Crippen molar-refractivity contribution >= 4 is 21.8 Å². The molecule has 2 rings (SSSR count). The number of aromatic nitrogens is 2. The van der Waals surface area contributed by atoms with E-state index in [0.717, 1.165) is 0 Å². The minimum atomic E-state index is -2.99. The van der Waals surface area contributed by atoms with Gasteiger partial charge in [0.15, 0.2) is 9.84 Å². The molecule has 0 spiro atoms. The second-order valence-electron chi connectivity index (χ2n) is 3.77. The zero-order valence-corrected chi connectivity index (χ0v) is 9.77. The molecule has 1 aromatic rings. The number of sulfone groups is 1. The van der Waals surface area contributed by atoms with Crippen LogP contribution in [0.4, 0.5) is 10.7 Å². The highest BCUT2D eigenvalue weighted by Gasteiger charge is 2.28. The summed E-state index contributed by atoms with van der Waals surface area (Å²) >= 11 is 0. The Morgan fingerprint density at radius 2 is 2.06 bits per heavy atom. The molecule has 1 aromatic heterocycles. The van der Waals surface area contributed by atoms with E-state index in [1.807, 2.05) is 0 Å². The summed E-state index contributed by atoms with van der Waals surface area (Å²) in [6.07, 6.45) is 3.46. The average molecular weight is 256 g/mol. The second kappa shape index (κ2) is 4.66. The highest BCUT2D eigenvalue weighted by Crippen LogP contribution is 2.11. The van der Waals surface area contributed by atoms with E-state index in [1.165, 1.54) is 12.4 Å². The van der Waals surface area contributed by atoms with Crippen LogP contribution in [0.25, 0.3) is 0 Å². The number of nitrogens with zero attached hydrogens (tertiary/aromatic N) is 2. The van der Waals surface area contributed by atoms with Crippen LogP contribution in [-0.2, 0) is 9.84 Å². The maximum Gasteiger partial charge on any atom is 0.321 e. The van der Waals surface area contributed by atoms with Crippen molar-refractivity contribution in [2.24, 2.45) is 0 Å². The molecule has 1 aliphatic rings. The molecule has 17 heavy (non-hydrogen) atoms. The summed E-state index contributed by atoms with van der Waals surface area (Å²) in [6, 6.07) is 0.814. The molecule has 0 aliphatic carbocycles. The van der Waals surface area contributed by atoms with Crippen LogP contribution >= 0.6 is 0 Å². The molecule has 2 N–H and O–H groups in total. The smallest absolute Gasteiger partial charge is 0.321 e. The van der Waals surface area contributed by atoms with Crippen molar-refractivity contribution in [1.82, 2.24) is 15.3 Å². The molecule has 1 aliphatic heterocycles. The van der Waals surface area contributed by atoms with Crippen molar-refractivity contribution in [1.29, 1.82) is 0 Å². The Bertz CT molecular complexity index is 502. The van der Waals surface area contributed by atoms with Crippen LogP contribution in [0.15, 0.2) is 18.5 Å². The highest BCUT2D eigenvalue weighted by atomic mass is 32.2. The van der Waals surface area contributed by atoms with E-state index in [-0.39, 0.29) is 23.5 Å². The number of urea groups is 1. The predicted molar refractivity (Wildman–Crippen MR) is 61.2 cm³/mol. The van der Waals surface area contributed by atoms with Crippen LogP contribution in [-0.4, -0.2) is 42.0 Å². The van der Waals surface area contributed by atoms with Crippen molar-refractivity contribution in [3.63, 3.8) is 0 Å². The summed E-state index contributed by atoms with van der Waals surface area (Å²) in [4.78, 5) is 19.1. The molecular weight excluding hydrogens is 244 g/mol. The zero-order chi connectivity index (χ0) is 12.3. The lowest BCUT2D eigenvalue weighted by Crippen LogP contribution is -2.38. The molecule has 0 bridgehead atoms. The summed E-state index contributed by atoms with van der Waals surface area (Å²) in [6.45, 7) is 0. The molecule has 2 heterocycles. The van der Waals surface area contributed by atoms with Gasteiger partial charge in [-0.2, -0.15) is 0 Å². The van der Waals surface area contributed by atoms with E-state index in [1.54, 1.807) is 6.07 Å². The Morgan fingerprint density at radius 1 is 1.35 bits per heavy atom. The van der Waals surface area contributed by atoms with Crippen molar-refractivity contribution in [2.75, 3.05) is 16.8 Å². The third kappa shape index (κ3) is 3.38. The topological polar surface area (TPSA) is 101 Å². The van der Waals surface area contributed by atoms with E-state index in [0.29, 0.717) is 6.42 Å². The summed E-state index contributed by atoms with van der Waals surface area (Å²) in [7, 11) is -2.99. The standard InChI is InChI=1S/C9H12N4O3S/c14-9(13-8-10-3-1-4-11-8)12-7-2-5-17(15,16)6-7/h1,3-4,7H,2,5-6H2,(H2,10,11,12,13,14). The van der Waals surface area contributed by atoms with E-state index in [4.69, 9.17) is 0 Å². The van der Waals surface area contributed by atoms with Gasteiger partial charge in [0.05, 0.1) is 11.5 Å². The van der Waals surface area contributed by atoms with Crippen molar-refractivity contribution in [2.45, 2.75) is 12.5 Å². The normalized spacial score (nSPS) is 22.0. The molecular formula is C9H12N4O3S. The number of anilines is 1. The number of rotatable bonds is 2. The van der Waals surface area contributed by atoms with E-state index < -0.39 is 15.9 Å². The molecule has 0 radical (unpaired) electrons. The SMILES string of the molecule is O=C(Nc1ncccn1)NC1CCS(=O)(=O)C1. The number of carbonyl (C=O) groups is 1. The first-order chi connectivity index (χ1) is 8.05. The van der Waals surface area contributed by atoms with Gasteiger partial charge in [-0.25, -0.2) is 23.2 Å². The molecule has 92 valence electrons. The Labute approximate surface area is 98.6 Å². The lowest BCUT2D eigenvalue weighted by atomic mass is 10.3. The fraction of sp³-hybridized carbons (Fsp3) is 0.444. The van der Waals surface area contributed by atoms with Gasteiger partial charge in [0.25, 0.3) is 0 Å². The van der Waals surface area contributed by atoms with Crippen LogP contribution < -0.4 is 10.6 Å². The minimum absolute atomic E-state index is 0.00390. The van der Waals surface area contributed by atoms with Crippen LogP contribution in [0.2, 0.25) is 0 Å². The molecule has 7 nitrogen and oxygen atoms in total. The maximum atomic E-state index is 11.5. The lowest BCUT2D eigenvalue weighted by Gasteiger charge is -2.10. The first-order valence-electron chi connectivity index (χ1n) is 5.10. The largest absolute Gasteiger partial charge is 0.334 e.